The number of nitrogens with zero attached hydrogens (tertiary/aromatic N) is 1. The summed E-state index contributed by atoms with van der Waals surface area (Å²) in [6.07, 6.45) is 0. The quantitative estimate of drug-likeness (QED) is 0.895. The van der Waals surface area contributed by atoms with Gasteiger partial charge in [-0.25, -0.2) is 0 Å². The maximum atomic E-state index is 3.59. The minimum absolute atomic E-state index is 0.157. The summed E-state index contributed by atoms with van der Waals surface area (Å²) < 4.78 is 1.18. The van der Waals surface area contributed by atoms with Crippen LogP contribution in [0.3, 0.4) is 0 Å². The van der Waals surface area contributed by atoms with Gasteiger partial charge in [-0.05, 0) is 39.6 Å². The zero-order chi connectivity index (χ0) is 12.2. The summed E-state index contributed by atoms with van der Waals surface area (Å²) in [5.41, 5.74) is 1.48. The highest BCUT2D eigenvalue weighted by atomic mass is 79.9. The summed E-state index contributed by atoms with van der Waals surface area (Å²) in [4.78, 5) is 2.36. The molecule has 0 aliphatic heterocycles. The third-order valence-corrected chi connectivity index (χ3v) is 3.78. The molecule has 1 aromatic carbocycles. The molecule has 90 valence electrons. The lowest BCUT2D eigenvalue weighted by Crippen LogP contribution is -2.47. The summed E-state index contributed by atoms with van der Waals surface area (Å²) in [5.74, 6) is 0. The van der Waals surface area contributed by atoms with Gasteiger partial charge in [0, 0.05) is 23.1 Å². The van der Waals surface area contributed by atoms with Crippen LogP contribution in [0.15, 0.2) is 28.7 Å². The van der Waals surface area contributed by atoms with Crippen LogP contribution in [0.1, 0.15) is 19.4 Å². The van der Waals surface area contributed by atoms with Gasteiger partial charge >= 0.3 is 0 Å². The Bertz CT molecular complexity index is 336. The van der Waals surface area contributed by atoms with Crippen molar-refractivity contribution in [1.82, 2.24) is 10.2 Å². The standard InChI is InChI=1S/C13H21BrN2/c1-13(2,10-15-3)16(4)9-11-7-5-6-8-12(11)14/h5-8,15H,9-10H2,1-4H3. The van der Waals surface area contributed by atoms with Crippen molar-refractivity contribution in [2.24, 2.45) is 0 Å². The van der Waals surface area contributed by atoms with E-state index in [1.54, 1.807) is 0 Å². The minimum atomic E-state index is 0.157. The molecule has 0 heterocycles. The molecule has 3 heteroatoms. The largest absolute Gasteiger partial charge is 0.318 e. The van der Waals surface area contributed by atoms with Crippen molar-refractivity contribution >= 4 is 15.9 Å². The van der Waals surface area contributed by atoms with Crippen molar-refractivity contribution in [3.05, 3.63) is 34.3 Å². The first-order chi connectivity index (χ1) is 7.47. The zero-order valence-electron chi connectivity index (χ0n) is 10.5. The summed E-state index contributed by atoms with van der Waals surface area (Å²) in [6.45, 7) is 6.44. The maximum absolute atomic E-state index is 3.59. The fraction of sp³-hybridized carbons (Fsp3) is 0.538. The van der Waals surface area contributed by atoms with Crippen molar-refractivity contribution in [2.75, 3.05) is 20.6 Å². The number of hydrogen-bond donors (Lipinski definition) is 1. The Morgan fingerprint density at radius 2 is 1.94 bits per heavy atom. The lowest BCUT2D eigenvalue weighted by Gasteiger charge is -2.35. The van der Waals surface area contributed by atoms with Crippen LogP contribution in [-0.4, -0.2) is 31.1 Å². The van der Waals surface area contributed by atoms with E-state index in [9.17, 15) is 0 Å². The molecule has 0 unspecified atom stereocenters. The van der Waals surface area contributed by atoms with E-state index in [0.717, 1.165) is 13.1 Å². The smallest absolute Gasteiger partial charge is 0.0278 e. The van der Waals surface area contributed by atoms with Gasteiger partial charge in [-0.1, -0.05) is 34.1 Å². The Morgan fingerprint density at radius 3 is 2.50 bits per heavy atom. The zero-order valence-corrected chi connectivity index (χ0v) is 12.1. The molecule has 0 aromatic heterocycles. The Kier molecular flexibility index (Phi) is 4.96. The molecule has 0 fully saturated rings. The second kappa shape index (κ2) is 5.80. The number of halogens is 1. The molecule has 0 bridgehead atoms. The molecular formula is C13H21BrN2. The Hall–Kier alpha value is -0.380. The van der Waals surface area contributed by atoms with E-state index in [-0.39, 0.29) is 5.54 Å². The van der Waals surface area contributed by atoms with Crippen LogP contribution < -0.4 is 5.32 Å². The second-order valence-electron chi connectivity index (χ2n) is 4.79. The van der Waals surface area contributed by atoms with Crippen LogP contribution in [0.25, 0.3) is 0 Å². The third-order valence-electron chi connectivity index (χ3n) is 3.01. The first-order valence-electron chi connectivity index (χ1n) is 5.56. The summed E-state index contributed by atoms with van der Waals surface area (Å²) in [6, 6.07) is 8.38. The van der Waals surface area contributed by atoms with Crippen LogP contribution in [0.2, 0.25) is 0 Å². The van der Waals surface area contributed by atoms with Gasteiger partial charge in [0.05, 0.1) is 0 Å². The molecule has 0 saturated heterocycles. The van der Waals surface area contributed by atoms with Crippen molar-refractivity contribution < 1.29 is 0 Å². The minimum Gasteiger partial charge on any atom is -0.318 e. The highest BCUT2D eigenvalue weighted by Crippen LogP contribution is 2.21. The maximum Gasteiger partial charge on any atom is 0.0278 e. The molecule has 0 atom stereocenters. The highest BCUT2D eigenvalue weighted by Gasteiger charge is 2.22. The number of benzene rings is 1. The summed E-state index contributed by atoms with van der Waals surface area (Å²) >= 11 is 3.59. The Balaban J connectivity index is 2.71. The SMILES string of the molecule is CNCC(C)(C)N(C)Cc1ccccc1Br. The molecule has 0 saturated carbocycles. The number of nitrogens with one attached hydrogen (secondary N) is 1. The highest BCUT2D eigenvalue weighted by molar-refractivity contribution is 9.10. The van der Waals surface area contributed by atoms with E-state index in [1.807, 2.05) is 13.1 Å². The van der Waals surface area contributed by atoms with E-state index in [0.29, 0.717) is 0 Å². The molecule has 1 N–H and O–H groups in total. The topological polar surface area (TPSA) is 15.3 Å². The number of likely N-dealkylation sites (N-methyl/N-ethyl adjacent to an activating group) is 2. The predicted molar refractivity (Wildman–Crippen MR) is 73.6 cm³/mol. The van der Waals surface area contributed by atoms with E-state index in [4.69, 9.17) is 0 Å². The summed E-state index contributed by atoms with van der Waals surface area (Å²) in [5, 5.41) is 3.24. The van der Waals surface area contributed by atoms with Crippen LogP contribution >= 0.6 is 15.9 Å². The molecule has 0 aliphatic carbocycles. The van der Waals surface area contributed by atoms with Gasteiger partial charge in [0.25, 0.3) is 0 Å². The van der Waals surface area contributed by atoms with Crippen LogP contribution in [-0.2, 0) is 6.54 Å². The van der Waals surface area contributed by atoms with Crippen LogP contribution in [0, 0.1) is 0 Å². The lowest BCUT2D eigenvalue weighted by atomic mass is 10.0. The summed E-state index contributed by atoms with van der Waals surface area (Å²) in [7, 11) is 4.16. The number of rotatable bonds is 5. The molecular weight excluding hydrogens is 264 g/mol. The third kappa shape index (κ3) is 3.58. The van der Waals surface area contributed by atoms with E-state index >= 15 is 0 Å². The molecule has 1 aromatic rings. The molecule has 0 aliphatic rings. The van der Waals surface area contributed by atoms with Crippen LogP contribution in [0.5, 0.6) is 0 Å². The molecule has 2 nitrogen and oxygen atoms in total. The molecule has 0 radical (unpaired) electrons. The molecule has 16 heavy (non-hydrogen) atoms. The Labute approximate surface area is 107 Å². The fourth-order valence-electron chi connectivity index (χ4n) is 1.66. The van der Waals surface area contributed by atoms with Gasteiger partial charge in [-0.3, -0.25) is 4.90 Å². The van der Waals surface area contributed by atoms with Gasteiger partial charge in [0.2, 0.25) is 0 Å². The van der Waals surface area contributed by atoms with E-state index in [1.165, 1.54) is 10.0 Å². The van der Waals surface area contributed by atoms with Gasteiger partial charge in [0.1, 0.15) is 0 Å². The van der Waals surface area contributed by atoms with E-state index < -0.39 is 0 Å². The van der Waals surface area contributed by atoms with Crippen molar-refractivity contribution in [3.63, 3.8) is 0 Å². The van der Waals surface area contributed by atoms with Gasteiger partial charge < -0.3 is 5.32 Å². The average Bonchev–Trinajstić information content (AvgIpc) is 2.21. The predicted octanol–water partition coefficient (Wildman–Crippen LogP) is 2.88. The monoisotopic (exact) mass is 284 g/mol. The van der Waals surface area contributed by atoms with Crippen molar-refractivity contribution in [3.8, 4) is 0 Å². The lowest BCUT2D eigenvalue weighted by molar-refractivity contribution is 0.147. The normalized spacial score (nSPS) is 12.1. The van der Waals surface area contributed by atoms with E-state index in [2.05, 4.69) is 65.2 Å². The van der Waals surface area contributed by atoms with Gasteiger partial charge in [0.15, 0.2) is 0 Å². The average molecular weight is 285 g/mol. The first-order valence-corrected chi connectivity index (χ1v) is 6.36. The second-order valence-corrected chi connectivity index (χ2v) is 5.64. The van der Waals surface area contributed by atoms with Gasteiger partial charge in [-0.15, -0.1) is 0 Å². The van der Waals surface area contributed by atoms with Crippen molar-refractivity contribution in [1.29, 1.82) is 0 Å². The Morgan fingerprint density at radius 1 is 1.31 bits per heavy atom. The number of hydrogen-bond acceptors (Lipinski definition) is 2. The fourth-order valence-corrected chi connectivity index (χ4v) is 2.07. The van der Waals surface area contributed by atoms with Crippen LogP contribution in [0.4, 0.5) is 0 Å². The molecule has 0 spiro atoms. The van der Waals surface area contributed by atoms with Crippen molar-refractivity contribution in [2.45, 2.75) is 25.9 Å². The first kappa shape index (κ1) is 13.7. The molecule has 0 amide bonds. The van der Waals surface area contributed by atoms with Gasteiger partial charge in [-0.2, -0.15) is 0 Å². The molecule has 1 rings (SSSR count).